The molecule has 0 unspecified atom stereocenters. The van der Waals surface area contributed by atoms with Crippen molar-refractivity contribution in [2.75, 3.05) is 19.6 Å². The molecule has 1 aromatic carbocycles. The lowest BCUT2D eigenvalue weighted by Crippen LogP contribution is -2.52. The largest absolute Gasteiger partial charge is 0.341 e. The number of carbonyl (C=O) groups excluding carboxylic acids is 1. The third-order valence-electron chi connectivity index (χ3n) is 4.75. The summed E-state index contributed by atoms with van der Waals surface area (Å²) in [6.07, 6.45) is 4.38. The first-order valence-electron chi connectivity index (χ1n) is 8.37. The fraction of sp³-hybridized carbons (Fsp3) is 0.588. The van der Waals surface area contributed by atoms with Crippen LogP contribution in [0.15, 0.2) is 29.2 Å². The molecule has 2 aliphatic heterocycles. The molecule has 2 aliphatic rings. The van der Waals surface area contributed by atoms with E-state index in [1.54, 1.807) is 18.2 Å². The maximum atomic E-state index is 13.0. The van der Waals surface area contributed by atoms with E-state index in [9.17, 15) is 13.2 Å². The second kappa shape index (κ2) is 6.61. The Hall–Kier alpha value is -1.40. The van der Waals surface area contributed by atoms with Gasteiger partial charge in [-0.1, -0.05) is 18.6 Å². The summed E-state index contributed by atoms with van der Waals surface area (Å²) >= 11 is 0. The van der Waals surface area contributed by atoms with Crippen LogP contribution in [0.4, 0.5) is 0 Å². The number of nitrogens with zero attached hydrogens (tertiary/aromatic N) is 2. The molecule has 0 radical (unpaired) electrons. The second-order valence-electron chi connectivity index (χ2n) is 6.48. The molecule has 0 spiro atoms. The van der Waals surface area contributed by atoms with E-state index in [1.807, 2.05) is 17.9 Å². The molecule has 0 N–H and O–H groups in total. The van der Waals surface area contributed by atoms with Gasteiger partial charge in [0.25, 0.3) is 0 Å². The van der Waals surface area contributed by atoms with Crippen LogP contribution in [-0.2, 0) is 14.8 Å². The molecule has 126 valence electrons. The van der Waals surface area contributed by atoms with Gasteiger partial charge in [-0.25, -0.2) is 8.42 Å². The maximum Gasteiger partial charge on any atom is 0.243 e. The molecule has 2 heterocycles. The van der Waals surface area contributed by atoms with Crippen LogP contribution >= 0.6 is 0 Å². The first-order valence-corrected chi connectivity index (χ1v) is 9.81. The summed E-state index contributed by atoms with van der Waals surface area (Å²) < 4.78 is 27.5. The predicted octanol–water partition coefficient (Wildman–Crippen LogP) is 2.16. The van der Waals surface area contributed by atoms with Crippen LogP contribution in [0.25, 0.3) is 0 Å². The number of amides is 1. The first kappa shape index (κ1) is 16.5. The van der Waals surface area contributed by atoms with Gasteiger partial charge in [0, 0.05) is 19.6 Å². The average molecular weight is 336 g/mol. The van der Waals surface area contributed by atoms with Gasteiger partial charge in [0.15, 0.2) is 0 Å². The number of hydrogen-bond acceptors (Lipinski definition) is 3. The minimum atomic E-state index is -3.62. The summed E-state index contributed by atoms with van der Waals surface area (Å²) in [7, 11) is -3.62. The zero-order valence-corrected chi connectivity index (χ0v) is 14.4. The SMILES string of the molecule is Cc1cccc(S(=O)(=O)N2CCCC[C@H]2C(=O)N2CCCC2)c1. The number of sulfonamides is 1. The zero-order valence-electron chi connectivity index (χ0n) is 13.6. The first-order chi connectivity index (χ1) is 11.0. The minimum Gasteiger partial charge on any atom is -0.341 e. The van der Waals surface area contributed by atoms with Crippen LogP contribution in [0.2, 0.25) is 0 Å². The summed E-state index contributed by atoms with van der Waals surface area (Å²) in [6.45, 7) is 3.82. The van der Waals surface area contributed by atoms with E-state index in [0.29, 0.717) is 17.9 Å². The third-order valence-corrected chi connectivity index (χ3v) is 6.66. The molecule has 23 heavy (non-hydrogen) atoms. The van der Waals surface area contributed by atoms with Crippen LogP contribution in [0.1, 0.15) is 37.7 Å². The zero-order chi connectivity index (χ0) is 16.4. The molecule has 0 saturated carbocycles. The van der Waals surface area contributed by atoms with E-state index < -0.39 is 16.1 Å². The molecule has 0 aliphatic carbocycles. The summed E-state index contributed by atoms with van der Waals surface area (Å²) in [5.41, 5.74) is 0.908. The van der Waals surface area contributed by atoms with Crippen molar-refractivity contribution >= 4 is 15.9 Å². The van der Waals surface area contributed by atoms with E-state index in [2.05, 4.69) is 0 Å². The van der Waals surface area contributed by atoms with E-state index in [4.69, 9.17) is 0 Å². The fourth-order valence-corrected chi connectivity index (χ4v) is 5.26. The van der Waals surface area contributed by atoms with E-state index in [1.165, 1.54) is 4.31 Å². The van der Waals surface area contributed by atoms with Gasteiger partial charge in [0.05, 0.1) is 4.90 Å². The number of likely N-dealkylation sites (tertiary alicyclic amines) is 1. The lowest BCUT2D eigenvalue weighted by atomic mass is 10.0. The number of hydrogen-bond donors (Lipinski definition) is 0. The van der Waals surface area contributed by atoms with Crippen molar-refractivity contribution in [1.82, 2.24) is 9.21 Å². The number of aryl methyl sites for hydroxylation is 1. The predicted molar refractivity (Wildman–Crippen MR) is 88.5 cm³/mol. The van der Waals surface area contributed by atoms with Crippen LogP contribution in [-0.4, -0.2) is 49.2 Å². The maximum absolute atomic E-state index is 13.0. The quantitative estimate of drug-likeness (QED) is 0.850. The van der Waals surface area contributed by atoms with E-state index in [0.717, 1.165) is 44.3 Å². The lowest BCUT2D eigenvalue weighted by molar-refractivity contribution is -0.135. The Labute approximate surface area is 138 Å². The summed E-state index contributed by atoms with van der Waals surface area (Å²) in [4.78, 5) is 14.9. The van der Waals surface area contributed by atoms with Crippen LogP contribution < -0.4 is 0 Å². The number of rotatable bonds is 3. The highest BCUT2D eigenvalue weighted by atomic mass is 32.2. The molecule has 3 rings (SSSR count). The van der Waals surface area contributed by atoms with Gasteiger partial charge in [-0.15, -0.1) is 0 Å². The van der Waals surface area contributed by atoms with Crippen molar-refractivity contribution in [2.24, 2.45) is 0 Å². The Kier molecular flexibility index (Phi) is 4.73. The van der Waals surface area contributed by atoms with Crippen LogP contribution in [0, 0.1) is 6.92 Å². The summed E-state index contributed by atoms with van der Waals surface area (Å²) in [5.74, 6) is -0.0153. The van der Waals surface area contributed by atoms with Crippen molar-refractivity contribution in [2.45, 2.75) is 50.0 Å². The van der Waals surface area contributed by atoms with Gasteiger partial charge in [-0.3, -0.25) is 4.79 Å². The Bertz CT molecular complexity index is 681. The van der Waals surface area contributed by atoms with Gasteiger partial charge in [0.1, 0.15) is 6.04 Å². The van der Waals surface area contributed by atoms with Crippen LogP contribution in [0.5, 0.6) is 0 Å². The van der Waals surface area contributed by atoms with E-state index in [-0.39, 0.29) is 5.91 Å². The van der Waals surface area contributed by atoms with Gasteiger partial charge < -0.3 is 4.90 Å². The Balaban J connectivity index is 1.89. The van der Waals surface area contributed by atoms with Gasteiger partial charge in [0.2, 0.25) is 15.9 Å². The van der Waals surface area contributed by atoms with Crippen molar-refractivity contribution in [3.05, 3.63) is 29.8 Å². The molecule has 1 aromatic rings. The number of piperidine rings is 1. The highest BCUT2D eigenvalue weighted by molar-refractivity contribution is 7.89. The van der Waals surface area contributed by atoms with Crippen molar-refractivity contribution in [3.8, 4) is 0 Å². The molecule has 6 heteroatoms. The second-order valence-corrected chi connectivity index (χ2v) is 8.37. The van der Waals surface area contributed by atoms with Crippen molar-refractivity contribution in [1.29, 1.82) is 0 Å². The molecule has 0 bridgehead atoms. The summed E-state index contributed by atoms with van der Waals surface area (Å²) in [5, 5.41) is 0. The molecule has 1 atom stereocenters. The molecule has 1 amide bonds. The van der Waals surface area contributed by atoms with Gasteiger partial charge in [-0.2, -0.15) is 4.31 Å². The normalized spacial score (nSPS) is 23.2. The van der Waals surface area contributed by atoms with Crippen molar-refractivity contribution in [3.63, 3.8) is 0 Å². The molecule has 2 saturated heterocycles. The van der Waals surface area contributed by atoms with Crippen LogP contribution in [0.3, 0.4) is 0 Å². The standard InChI is InChI=1S/C17H24N2O3S/c1-14-7-6-8-15(13-14)23(21,22)19-12-3-2-9-16(19)17(20)18-10-4-5-11-18/h6-8,13,16H,2-5,9-12H2,1H3/t16-/m0/s1. The van der Waals surface area contributed by atoms with Crippen molar-refractivity contribution < 1.29 is 13.2 Å². The fourth-order valence-electron chi connectivity index (χ4n) is 3.50. The highest BCUT2D eigenvalue weighted by Gasteiger charge is 2.39. The lowest BCUT2D eigenvalue weighted by Gasteiger charge is -2.35. The molecular formula is C17H24N2O3S. The highest BCUT2D eigenvalue weighted by Crippen LogP contribution is 2.27. The molecule has 5 nitrogen and oxygen atoms in total. The Morgan fingerprint density at radius 1 is 1.09 bits per heavy atom. The smallest absolute Gasteiger partial charge is 0.243 e. The molecular weight excluding hydrogens is 312 g/mol. The molecule has 0 aromatic heterocycles. The monoisotopic (exact) mass is 336 g/mol. The van der Waals surface area contributed by atoms with Gasteiger partial charge >= 0.3 is 0 Å². The average Bonchev–Trinajstić information content (AvgIpc) is 3.08. The number of carbonyl (C=O) groups is 1. The molecule has 2 fully saturated rings. The minimum absolute atomic E-state index is 0.0153. The van der Waals surface area contributed by atoms with E-state index >= 15 is 0 Å². The Morgan fingerprint density at radius 3 is 2.48 bits per heavy atom. The third kappa shape index (κ3) is 3.28. The topological polar surface area (TPSA) is 57.7 Å². The van der Waals surface area contributed by atoms with Gasteiger partial charge in [-0.05, 0) is 50.3 Å². The Morgan fingerprint density at radius 2 is 1.78 bits per heavy atom. The number of benzene rings is 1. The summed E-state index contributed by atoms with van der Waals surface area (Å²) in [6, 6.07) is 6.40.